The second-order valence-electron chi connectivity index (χ2n) is 5.71. The van der Waals surface area contributed by atoms with Gasteiger partial charge in [-0.3, -0.25) is 4.55 Å². The van der Waals surface area contributed by atoms with Crippen molar-refractivity contribution in [2.75, 3.05) is 46.3 Å². The summed E-state index contributed by atoms with van der Waals surface area (Å²) in [6, 6.07) is 0. The zero-order valence-corrected chi connectivity index (χ0v) is 13.3. The number of hydrogen-bond acceptors (Lipinski definition) is 6. The van der Waals surface area contributed by atoms with Gasteiger partial charge in [-0.2, -0.15) is 13.1 Å². The first-order valence-corrected chi connectivity index (χ1v) is 8.69. The highest BCUT2D eigenvalue weighted by Gasteiger charge is 2.17. The van der Waals surface area contributed by atoms with E-state index in [0.717, 1.165) is 13.1 Å². The van der Waals surface area contributed by atoms with Crippen LogP contribution < -0.4 is 4.72 Å². The number of likely N-dealkylation sites (N-methyl/N-ethyl adjacent to an activating group) is 1. The van der Waals surface area contributed by atoms with Gasteiger partial charge in [0.25, 0.3) is 0 Å². The summed E-state index contributed by atoms with van der Waals surface area (Å²) < 4.78 is 31.3. The first-order chi connectivity index (χ1) is 9.76. The zero-order chi connectivity index (χ0) is 15.9. The first kappa shape index (κ1) is 18.8. The van der Waals surface area contributed by atoms with E-state index in [2.05, 4.69) is 4.90 Å². The van der Waals surface area contributed by atoms with Gasteiger partial charge in [-0.15, -0.1) is 0 Å². The summed E-state index contributed by atoms with van der Waals surface area (Å²) >= 11 is 0. The Labute approximate surface area is 126 Å². The number of aliphatic hydroxyl groups excluding tert-OH is 2. The number of nitrogens with one attached hydrogen (secondary N) is 1. The lowest BCUT2D eigenvalue weighted by Crippen LogP contribution is -2.44. The molecule has 1 aliphatic heterocycles. The molecule has 0 saturated carbocycles. The quantitative estimate of drug-likeness (QED) is 0.382. The van der Waals surface area contributed by atoms with Crippen molar-refractivity contribution in [3.05, 3.63) is 0 Å². The van der Waals surface area contributed by atoms with E-state index in [9.17, 15) is 18.6 Å². The summed E-state index contributed by atoms with van der Waals surface area (Å²) in [6.45, 7) is 3.00. The Morgan fingerprint density at radius 3 is 2.29 bits per heavy atom. The fourth-order valence-electron chi connectivity index (χ4n) is 2.56. The largest absolute Gasteiger partial charge is 0.390 e. The monoisotopic (exact) mass is 325 g/mol. The van der Waals surface area contributed by atoms with E-state index >= 15 is 0 Å². The van der Waals surface area contributed by atoms with Gasteiger partial charge in [0, 0.05) is 26.2 Å². The van der Waals surface area contributed by atoms with Crippen LogP contribution in [0, 0.1) is 0 Å². The third-order valence-electron chi connectivity index (χ3n) is 3.46. The molecule has 21 heavy (non-hydrogen) atoms. The number of likely N-dealkylation sites (tertiary alicyclic amines) is 1. The second kappa shape index (κ2) is 8.99. The van der Waals surface area contributed by atoms with E-state index in [1.807, 2.05) is 4.72 Å². The van der Waals surface area contributed by atoms with Crippen LogP contribution in [0.5, 0.6) is 0 Å². The third kappa shape index (κ3) is 9.35. The van der Waals surface area contributed by atoms with Crippen LogP contribution >= 0.6 is 0 Å². The van der Waals surface area contributed by atoms with E-state index in [-0.39, 0.29) is 13.1 Å². The molecule has 0 aromatic carbocycles. The number of rotatable bonds is 9. The van der Waals surface area contributed by atoms with E-state index in [1.165, 1.54) is 19.3 Å². The molecule has 2 unspecified atom stereocenters. The van der Waals surface area contributed by atoms with E-state index in [4.69, 9.17) is 4.55 Å². The average molecular weight is 325 g/mol. The van der Waals surface area contributed by atoms with Crippen molar-refractivity contribution in [3.8, 4) is 0 Å². The van der Waals surface area contributed by atoms with Crippen molar-refractivity contribution in [2.45, 2.75) is 31.5 Å². The van der Waals surface area contributed by atoms with Crippen LogP contribution in [-0.4, -0.2) is 91.5 Å². The van der Waals surface area contributed by atoms with Gasteiger partial charge >= 0.3 is 10.3 Å². The second-order valence-corrected chi connectivity index (χ2v) is 6.95. The molecule has 8 nitrogen and oxygen atoms in total. The van der Waals surface area contributed by atoms with Gasteiger partial charge in [-0.05, 0) is 33.0 Å². The topological polar surface area (TPSA) is 113 Å². The van der Waals surface area contributed by atoms with Crippen molar-refractivity contribution < 1.29 is 23.2 Å². The van der Waals surface area contributed by atoms with Crippen LogP contribution in [-0.2, 0) is 10.3 Å². The van der Waals surface area contributed by atoms with Crippen molar-refractivity contribution in [3.63, 3.8) is 0 Å². The molecule has 0 bridgehead atoms. The highest BCUT2D eigenvalue weighted by molar-refractivity contribution is 7.83. The fraction of sp³-hybridized carbons (Fsp3) is 1.00. The van der Waals surface area contributed by atoms with E-state index in [0.29, 0.717) is 13.1 Å². The van der Waals surface area contributed by atoms with Crippen LogP contribution in [0.3, 0.4) is 0 Å². The summed E-state index contributed by atoms with van der Waals surface area (Å²) in [7, 11) is -2.54. The number of hydrogen-bond donors (Lipinski definition) is 4. The van der Waals surface area contributed by atoms with E-state index < -0.39 is 22.5 Å². The van der Waals surface area contributed by atoms with Gasteiger partial charge < -0.3 is 20.0 Å². The van der Waals surface area contributed by atoms with Crippen molar-refractivity contribution in [1.82, 2.24) is 14.5 Å². The molecule has 1 heterocycles. The van der Waals surface area contributed by atoms with Crippen LogP contribution in [0.25, 0.3) is 0 Å². The number of piperidine rings is 1. The average Bonchev–Trinajstić information content (AvgIpc) is 2.36. The predicted molar refractivity (Wildman–Crippen MR) is 79.4 cm³/mol. The molecule has 2 atom stereocenters. The standard InChI is InChI=1S/C12H27N3O5S/c1-14(8-11(16)7-13-21(18,19)20)9-12(17)10-15-5-3-2-4-6-15/h11-13,16-17H,2-10H2,1H3,(H,18,19,20). The van der Waals surface area contributed by atoms with Crippen LogP contribution in [0.2, 0.25) is 0 Å². The van der Waals surface area contributed by atoms with Gasteiger partial charge in [-0.25, -0.2) is 0 Å². The van der Waals surface area contributed by atoms with Crippen molar-refractivity contribution >= 4 is 10.3 Å². The maximum absolute atomic E-state index is 10.5. The Morgan fingerprint density at radius 1 is 1.14 bits per heavy atom. The summed E-state index contributed by atoms with van der Waals surface area (Å²) in [5.41, 5.74) is 0. The molecule has 4 N–H and O–H groups in total. The lowest BCUT2D eigenvalue weighted by Gasteiger charge is -2.30. The lowest BCUT2D eigenvalue weighted by atomic mass is 10.1. The minimum absolute atomic E-state index is 0.208. The lowest BCUT2D eigenvalue weighted by molar-refractivity contribution is 0.0568. The highest BCUT2D eigenvalue weighted by atomic mass is 32.2. The molecular formula is C12H27N3O5S. The predicted octanol–water partition coefficient (Wildman–Crippen LogP) is -1.48. The van der Waals surface area contributed by atoms with Crippen LogP contribution in [0.1, 0.15) is 19.3 Å². The molecule has 9 heteroatoms. The maximum atomic E-state index is 10.5. The molecule has 0 amide bonds. The van der Waals surface area contributed by atoms with Crippen LogP contribution in [0.15, 0.2) is 0 Å². The Hall–Kier alpha value is -0.290. The molecule has 1 saturated heterocycles. The molecule has 0 aromatic rings. The number of aliphatic hydroxyl groups is 2. The summed E-state index contributed by atoms with van der Waals surface area (Å²) in [4.78, 5) is 3.98. The molecule has 1 aliphatic rings. The Kier molecular flexibility index (Phi) is 8.03. The maximum Gasteiger partial charge on any atom is 0.333 e. The third-order valence-corrected chi connectivity index (χ3v) is 4.00. The minimum atomic E-state index is -4.28. The Morgan fingerprint density at radius 2 is 1.71 bits per heavy atom. The Bertz CT molecular complexity index is 386. The highest BCUT2D eigenvalue weighted by Crippen LogP contribution is 2.09. The van der Waals surface area contributed by atoms with Gasteiger partial charge in [0.05, 0.1) is 12.2 Å². The first-order valence-electron chi connectivity index (χ1n) is 7.25. The van der Waals surface area contributed by atoms with Gasteiger partial charge in [0.2, 0.25) is 0 Å². The molecule has 0 radical (unpaired) electrons. The smallest absolute Gasteiger partial charge is 0.333 e. The summed E-state index contributed by atoms with van der Waals surface area (Å²) in [5, 5.41) is 19.7. The van der Waals surface area contributed by atoms with Crippen LogP contribution in [0.4, 0.5) is 0 Å². The zero-order valence-electron chi connectivity index (χ0n) is 12.5. The minimum Gasteiger partial charge on any atom is -0.390 e. The van der Waals surface area contributed by atoms with Gasteiger partial charge in [-0.1, -0.05) is 6.42 Å². The molecule has 0 aromatic heterocycles. The SMILES string of the molecule is CN(CC(O)CNS(=O)(=O)O)CC(O)CN1CCCCC1. The molecule has 1 rings (SSSR count). The molecular weight excluding hydrogens is 298 g/mol. The normalized spacial score (nSPS) is 20.6. The van der Waals surface area contributed by atoms with Crippen molar-refractivity contribution in [1.29, 1.82) is 0 Å². The molecule has 0 spiro atoms. The number of β-amino-alcohol motifs (C(OH)–C–C–N with tert-alkyl or cyclic N) is 1. The summed E-state index contributed by atoms with van der Waals surface area (Å²) in [5.74, 6) is 0. The van der Waals surface area contributed by atoms with Gasteiger partial charge in [0.1, 0.15) is 0 Å². The van der Waals surface area contributed by atoms with Crippen molar-refractivity contribution in [2.24, 2.45) is 0 Å². The fourth-order valence-corrected chi connectivity index (χ4v) is 2.96. The molecule has 126 valence electrons. The Balaban J connectivity index is 2.20. The molecule has 0 aliphatic carbocycles. The number of nitrogens with zero attached hydrogens (tertiary/aromatic N) is 2. The molecule has 1 fully saturated rings. The van der Waals surface area contributed by atoms with Gasteiger partial charge in [0.15, 0.2) is 0 Å². The summed E-state index contributed by atoms with van der Waals surface area (Å²) in [6.07, 6.45) is 2.14. The van der Waals surface area contributed by atoms with E-state index in [1.54, 1.807) is 11.9 Å².